The number of carbonyl (C=O) groups is 1. The summed E-state index contributed by atoms with van der Waals surface area (Å²) in [6, 6.07) is 22.9. The number of amides is 1. The number of nitrogens with one attached hydrogen (secondary N) is 1. The zero-order valence-corrected chi connectivity index (χ0v) is 16.4. The number of rotatable bonds is 6. The van der Waals surface area contributed by atoms with E-state index < -0.39 is 0 Å². The fourth-order valence-corrected chi connectivity index (χ4v) is 3.92. The second-order valence-corrected chi connectivity index (χ2v) is 7.49. The summed E-state index contributed by atoms with van der Waals surface area (Å²) in [5, 5.41) is 11.7. The average Bonchev–Trinajstić information content (AvgIpc) is 3.17. The van der Waals surface area contributed by atoms with Crippen molar-refractivity contribution in [2.45, 2.75) is 17.1 Å². The molecule has 0 saturated carbocycles. The normalized spacial score (nSPS) is 10.6. The molecule has 6 heteroatoms. The van der Waals surface area contributed by atoms with Crippen LogP contribution in [0.1, 0.15) is 21.6 Å². The van der Waals surface area contributed by atoms with E-state index in [9.17, 15) is 4.79 Å². The maximum Gasteiger partial charge on any atom is 0.256 e. The zero-order chi connectivity index (χ0) is 20.1. The highest BCUT2D eigenvalue weighted by Crippen LogP contribution is 2.27. The summed E-state index contributed by atoms with van der Waals surface area (Å²) in [6.45, 7) is 0. The van der Waals surface area contributed by atoms with E-state index in [2.05, 4.69) is 16.4 Å². The second-order valence-electron chi connectivity index (χ2n) is 6.47. The van der Waals surface area contributed by atoms with Gasteiger partial charge in [0.25, 0.3) is 5.91 Å². The van der Waals surface area contributed by atoms with Gasteiger partial charge in [-0.05, 0) is 42.0 Å². The first kappa shape index (κ1) is 18.8. The fourth-order valence-electron chi connectivity index (χ4n) is 2.98. The maximum absolute atomic E-state index is 12.8. The van der Waals surface area contributed by atoms with Gasteiger partial charge in [-0.25, -0.2) is 4.98 Å². The lowest BCUT2D eigenvalue weighted by atomic mass is 10.1. The van der Waals surface area contributed by atoms with Crippen molar-refractivity contribution >= 4 is 29.0 Å². The number of carbonyl (C=O) groups excluding carboxylic acids is 1. The molecule has 0 radical (unpaired) electrons. The first-order valence-electron chi connectivity index (χ1n) is 9.14. The fraction of sp³-hybridized carbons (Fsp3) is 0.0870. The van der Waals surface area contributed by atoms with Crippen molar-refractivity contribution in [3.05, 3.63) is 95.9 Å². The van der Waals surface area contributed by atoms with Gasteiger partial charge in [0.15, 0.2) is 0 Å². The molecule has 4 rings (SSSR count). The molecule has 2 heterocycles. The van der Waals surface area contributed by atoms with Gasteiger partial charge in [-0.15, -0.1) is 11.8 Å². The Morgan fingerprint density at radius 1 is 1.07 bits per heavy atom. The number of hydrogen-bond donors (Lipinski definition) is 1. The summed E-state index contributed by atoms with van der Waals surface area (Å²) in [5.41, 5.74) is 4.13. The number of pyridine rings is 1. The van der Waals surface area contributed by atoms with Crippen molar-refractivity contribution in [1.29, 1.82) is 5.26 Å². The summed E-state index contributed by atoms with van der Waals surface area (Å²) in [5.74, 6) is 0.519. The molecule has 2 aromatic heterocycles. The van der Waals surface area contributed by atoms with Crippen molar-refractivity contribution < 1.29 is 4.79 Å². The first-order chi connectivity index (χ1) is 14.2. The summed E-state index contributed by atoms with van der Waals surface area (Å²) in [4.78, 5) is 18.3. The highest BCUT2D eigenvalue weighted by molar-refractivity contribution is 7.98. The van der Waals surface area contributed by atoms with Gasteiger partial charge in [-0.2, -0.15) is 5.26 Å². The minimum atomic E-state index is -0.156. The lowest BCUT2D eigenvalue weighted by Crippen LogP contribution is -2.13. The summed E-state index contributed by atoms with van der Waals surface area (Å²) >= 11 is 1.59. The molecule has 142 valence electrons. The van der Waals surface area contributed by atoms with Gasteiger partial charge in [-0.1, -0.05) is 30.3 Å². The van der Waals surface area contributed by atoms with Crippen LogP contribution < -0.4 is 5.32 Å². The van der Waals surface area contributed by atoms with Crippen LogP contribution in [0.25, 0.3) is 5.65 Å². The molecule has 0 saturated heterocycles. The lowest BCUT2D eigenvalue weighted by Gasteiger charge is -2.10. The third kappa shape index (κ3) is 4.48. The van der Waals surface area contributed by atoms with Gasteiger partial charge in [0.2, 0.25) is 0 Å². The van der Waals surface area contributed by atoms with Crippen molar-refractivity contribution in [2.24, 2.45) is 0 Å². The van der Waals surface area contributed by atoms with Gasteiger partial charge < -0.3 is 9.72 Å². The van der Waals surface area contributed by atoms with Crippen LogP contribution in [0.3, 0.4) is 0 Å². The largest absolute Gasteiger partial charge is 0.322 e. The molecular weight excluding hydrogens is 380 g/mol. The second kappa shape index (κ2) is 8.63. The van der Waals surface area contributed by atoms with Gasteiger partial charge in [0, 0.05) is 28.7 Å². The molecule has 5 nitrogen and oxygen atoms in total. The SMILES string of the molecule is N#CCc1ccc(NC(=O)c2ccccc2SCc2cn3ccccc3n2)cc1. The Balaban J connectivity index is 1.47. The molecule has 4 aromatic rings. The zero-order valence-electron chi connectivity index (χ0n) is 15.6. The van der Waals surface area contributed by atoms with E-state index in [1.54, 1.807) is 11.8 Å². The number of thioether (sulfide) groups is 1. The maximum atomic E-state index is 12.8. The smallest absolute Gasteiger partial charge is 0.256 e. The van der Waals surface area contributed by atoms with Crippen molar-refractivity contribution in [3.63, 3.8) is 0 Å². The van der Waals surface area contributed by atoms with Crippen LogP contribution in [0.5, 0.6) is 0 Å². The van der Waals surface area contributed by atoms with Gasteiger partial charge in [-0.3, -0.25) is 4.79 Å². The quantitative estimate of drug-likeness (QED) is 0.467. The molecule has 0 aliphatic heterocycles. The van der Waals surface area contributed by atoms with Crippen LogP contribution in [0.4, 0.5) is 5.69 Å². The van der Waals surface area contributed by atoms with Crippen molar-refractivity contribution in [3.8, 4) is 6.07 Å². The number of hydrogen-bond acceptors (Lipinski definition) is 4. The van der Waals surface area contributed by atoms with Crippen LogP contribution in [0.15, 0.2) is 84.0 Å². The van der Waals surface area contributed by atoms with E-state index in [0.29, 0.717) is 23.4 Å². The van der Waals surface area contributed by atoms with E-state index in [1.807, 2.05) is 83.5 Å². The van der Waals surface area contributed by atoms with Gasteiger partial charge in [0.05, 0.1) is 23.7 Å². The minimum absolute atomic E-state index is 0.156. The highest BCUT2D eigenvalue weighted by Gasteiger charge is 2.12. The molecular formula is C23H18N4OS. The highest BCUT2D eigenvalue weighted by atomic mass is 32.2. The number of nitrogens with zero attached hydrogens (tertiary/aromatic N) is 3. The predicted octanol–water partition coefficient (Wildman–Crippen LogP) is 4.94. The number of imidazole rings is 1. The van der Waals surface area contributed by atoms with E-state index >= 15 is 0 Å². The molecule has 1 amide bonds. The number of fused-ring (bicyclic) bond motifs is 1. The van der Waals surface area contributed by atoms with Crippen LogP contribution >= 0.6 is 11.8 Å². The molecule has 0 spiro atoms. The number of nitriles is 1. The molecule has 0 fully saturated rings. The average molecular weight is 398 g/mol. The van der Waals surface area contributed by atoms with Gasteiger partial charge in [0.1, 0.15) is 5.65 Å². The Hall–Kier alpha value is -3.56. The summed E-state index contributed by atoms with van der Waals surface area (Å²) < 4.78 is 1.99. The third-order valence-electron chi connectivity index (χ3n) is 4.42. The number of anilines is 1. The molecule has 1 N–H and O–H groups in total. The van der Waals surface area contributed by atoms with Crippen LogP contribution in [-0.4, -0.2) is 15.3 Å². The Morgan fingerprint density at radius 2 is 1.86 bits per heavy atom. The summed E-state index contributed by atoms with van der Waals surface area (Å²) in [6.07, 6.45) is 4.34. The minimum Gasteiger partial charge on any atom is -0.322 e. The number of aromatic nitrogens is 2. The first-order valence-corrected chi connectivity index (χ1v) is 10.1. The molecule has 0 bridgehead atoms. The van der Waals surface area contributed by atoms with Crippen LogP contribution in [0.2, 0.25) is 0 Å². The Morgan fingerprint density at radius 3 is 2.66 bits per heavy atom. The van der Waals surface area contributed by atoms with Crippen molar-refractivity contribution in [1.82, 2.24) is 9.38 Å². The predicted molar refractivity (Wildman–Crippen MR) is 115 cm³/mol. The van der Waals surface area contributed by atoms with Crippen molar-refractivity contribution in [2.75, 3.05) is 5.32 Å². The Bertz CT molecular complexity index is 1160. The standard InChI is InChI=1S/C23H18N4OS/c24-13-12-17-8-10-18(11-9-17)26-23(28)20-5-1-2-6-21(20)29-16-19-15-27-14-4-3-7-22(27)25-19/h1-11,14-15H,12,16H2,(H,26,28). The Labute approximate surface area is 173 Å². The molecule has 0 unspecified atom stereocenters. The van der Waals surface area contributed by atoms with E-state index in [-0.39, 0.29) is 5.91 Å². The van der Waals surface area contributed by atoms with Crippen LogP contribution in [0, 0.1) is 11.3 Å². The van der Waals surface area contributed by atoms with E-state index in [4.69, 9.17) is 5.26 Å². The monoisotopic (exact) mass is 398 g/mol. The molecule has 0 atom stereocenters. The molecule has 0 aliphatic carbocycles. The Kier molecular flexibility index (Phi) is 5.59. The summed E-state index contributed by atoms with van der Waals surface area (Å²) in [7, 11) is 0. The topological polar surface area (TPSA) is 70.2 Å². The van der Waals surface area contributed by atoms with E-state index in [1.165, 1.54) is 0 Å². The molecule has 29 heavy (non-hydrogen) atoms. The molecule has 0 aliphatic rings. The van der Waals surface area contributed by atoms with Crippen LogP contribution in [-0.2, 0) is 12.2 Å². The van der Waals surface area contributed by atoms with Gasteiger partial charge >= 0.3 is 0 Å². The lowest BCUT2D eigenvalue weighted by molar-refractivity contribution is 0.102. The van der Waals surface area contributed by atoms with E-state index in [0.717, 1.165) is 21.8 Å². The third-order valence-corrected chi connectivity index (χ3v) is 5.52. The number of benzene rings is 2. The molecule has 2 aromatic carbocycles.